The monoisotopic (exact) mass is 286 g/mol. The fraction of sp³-hybridized carbons (Fsp3) is 0.929. The summed E-state index contributed by atoms with van der Waals surface area (Å²) in [6.45, 7) is 2.56. The number of nitrogens with one attached hydrogen (secondary N) is 2. The van der Waals surface area contributed by atoms with Gasteiger partial charge in [-0.3, -0.25) is 0 Å². The summed E-state index contributed by atoms with van der Waals surface area (Å²) in [6.07, 6.45) is 8.42. The van der Waals surface area contributed by atoms with Gasteiger partial charge in [-0.05, 0) is 25.7 Å². The zero-order valence-corrected chi connectivity index (χ0v) is 12.5. The minimum absolute atomic E-state index is 0.0134. The molecule has 1 saturated carbocycles. The van der Waals surface area contributed by atoms with Crippen LogP contribution in [0.5, 0.6) is 0 Å². The SMILES string of the molecule is O=C(NCCSC1CCOCC1)NC1CCCCC1. The van der Waals surface area contributed by atoms with Gasteiger partial charge >= 0.3 is 6.03 Å². The van der Waals surface area contributed by atoms with Crippen molar-refractivity contribution in [2.24, 2.45) is 0 Å². The third-order valence-electron chi connectivity index (χ3n) is 3.85. The highest BCUT2D eigenvalue weighted by Gasteiger charge is 2.16. The lowest BCUT2D eigenvalue weighted by molar-refractivity contribution is 0.100. The topological polar surface area (TPSA) is 50.4 Å². The van der Waals surface area contributed by atoms with Gasteiger partial charge < -0.3 is 15.4 Å². The summed E-state index contributed by atoms with van der Waals surface area (Å²) in [5, 5.41) is 6.76. The van der Waals surface area contributed by atoms with Crippen molar-refractivity contribution in [1.29, 1.82) is 0 Å². The molecule has 0 aromatic heterocycles. The number of thioether (sulfide) groups is 1. The van der Waals surface area contributed by atoms with Gasteiger partial charge in [-0.1, -0.05) is 19.3 Å². The van der Waals surface area contributed by atoms with E-state index in [0.717, 1.165) is 56.4 Å². The Morgan fingerprint density at radius 1 is 1.11 bits per heavy atom. The summed E-state index contributed by atoms with van der Waals surface area (Å²) in [7, 11) is 0. The van der Waals surface area contributed by atoms with Crippen molar-refractivity contribution < 1.29 is 9.53 Å². The molecule has 2 amide bonds. The van der Waals surface area contributed by atoms with Crippen LogP contribution in [0.4, 0.5) is 4.79 Å². The second-order valence-electron chi connectivity index (χ2n) is 5.42. The van der Waals surface area contributed by atoms with Gasteiger partial charge in [0.05, 0.1) is 0 Å². The van der Waals surface area contributed by atoms with Crippen LogP contribution in [0.1, 0.15) is 44.9 Å². The Hall–Kier alpha value is -0.420. The molecule has 4 nitrogen and oxygen atoms in total. The van der Waals surface area contributed by atoms with E-state index < -0.39 is 0 Å². The van der Waals surface area contributed by atoms with Crippen molar-refractivity contribution in [3.63, 3.8) is 0 Å². The van der Waals surface area contributed by atoms with Crippen molar-refractivity contribution in [3.05, 3.63) is 0 Å². The van der Waals surface area contributed by atoms with Crippen molar-refractivity contribution in [3.8, 4) is 0 Å². The first-order chi connectivity index (χ1) is 9.34. The van der Waals surface area contributed by atoms with Gasteiger partial charge in [0.15, 0.2) is 0 Å². The highest BCUT2D eigenvalue weighted by Crippen LogP contribution is 2.21. The molecule has 2 aliphatic rings. The van der Waals surface area contributed by atoms with E-state index in [4.69, 9.17) is 4.74 Å². The third kappa shape index (κ3) is 6.04. The molecule has 0 aromatic rings. The molecule has 0 radical (unpaired) electrons. The number of amides is 2. The molecule has 2 fully saturated rings. The van der Waals surface area contributed by atoms with E-state index in [2.05, 4.69) is 10.6 Å². The number of ether oxygens (including phenoxy) is 1. The van der Waals surface area contributed by atoms with Crippen molar-refractivity contribution in [2.75, 3.05) is 25.5 Å². The molecule has 1 aliphatic heterocycles. The minimum Gasteiger partial charge on any atom is -0.381 e. The Balaban J connectivity index is 1.48. The number of hydrogen-bond acceptors (Lipinski definition) is 3. The fourth-order valence-corrected chi connectivity index (χ4v) is 3.80. The Kier molecular flexibility index (Phi) is 6.85. The maximum Gasteiger partial charge on any atom is 0.315 e. The fourth-order valence-electron chi connectivity index (χ4n) is 2.72. The summed E-state index contributed by atoms with van der Waals surface area (Å²) < 4.78 is 5.34. The van der Waals surface area contributed by atoms with Gasteiger partial charge in [0.25, 0.3) is 0 Å². The van der Waals surface area contributed by atoms with E-state index in [1.165, 1.54) is 19.3 Å². The van der Waals surface area contributed by atoms with Gasteiger partial charge in [0, 0.05) is 36.8 Å². The van der Waals surface area contributed by atoms with Crippen molar-refractivity contribution >= 4 is 17.8 Å². The lowest BCUT2D eigenvalue weighted by atomic mass is 9.96. The van der Waals surface area contributed by atoms with Crippen LogP contribution in [0.25, 0.3) is 0 Å². The summed E-state index contributed by atoms with van der Waals surface area (Å²) in [6, 6.07) is 0.413. The van der Waals surface area contributed by atoms with Gasteiger partial charge in [-0.25, -0.2) is 4.79 Å². The summed E-state index contributed by atoms with van der Waals surface area (Å²) in [5.41, 5.74) is 0. The molecule has 0 unspecified atom stereocenters. The maximum absolute atomic E-state index is 11.7. The molecule has 1 saturated heterocycles. The van der Waals surface area contributed by atoms with E-state index in [-0.39, 0.29) is 6.03 Å². The Labute approximate surface area is 120 Å². The molecule has 0 spiro atoms. The van der Waals surface area contributed by atoms with Crippen LogP contribution < -0.4 is 10.6 Å². The standard InChI is InChI=1S/C14H26N2O2S/c17-14(16-12-4-2-1-3-5-12)15-8-11-19-13-6-9-18-10-7-13/h12-13H,1-11H2,(H2,15,16,17). The molecule has 2 rings (SSSR count). The number of rotatable bonds is 5. The van der Waals surface area contributed by atoms with Gasteiger partial charge in [-0.2, -0.15) is 11.8 Å². The third-order valence-corrected chi connectivity index (χ3v) is 5.23. The maximum atomic E-state index is 11.7. The molecule has 5 heteroatoms. The van der Waals surface area contributed by atoms with E-state index >= 15 is 0 Å². The van der Waals surface area contributed by atoms with Crippen LogP contribution in [0, 0.1) is 0 Å². The molecule has 1 aliphatic carbocycles. The second kappa shape index (κ2) is 8.69. The van der Waals surface area contributed by atoms with Crippen molar-refractivity contribution in [2.45, 2.75) is 56.2 Å². The number of carbonyl (C=O) groups is 1. The van der Waals surface area contributed by atoms with Crippen LogP contribution in [0.15, 0.2) is 0 Å². The van der Waals surface area contributed by atoms with E-state index in [0.29, 0.717) is 6.04 Å². The zero-order chi connectivity index (χ0) is 13.3. The molecule has 110 valence electrons. The number of hydrogen-bond donors (Lipinski definition) is 2. The summed E-state index contributed by atoms with van der Waals surface area (Å²) in [5.74, 6) is 1.00. The molecular weight excluding hydrogens is 260 g/mol. The van der Waals surface area contributed by atoms with Crippen LogP contribution in [0.2, 0.25) is 0 Å². The zero-order valence-electron chi connectivity index (χ0n) is 11.7. The van der Waals surface area contributed by atoms with E-state index in [1.807, 2.05) is 11.8 Å². The molecule has 0 bridgehead atoms. The summed E-state index contributed by atoms with van der Waals surface area (Å²) in [4.78, 5) is 11.7. The van der Waals surface area contributed by atoms with E-state index in [1.54, 1.807) is 0 Å². The Morgan fingerprint density at radius 3 is 2.58 bits per heavy atom. The highest BCUT2D eigenvalue weighted by molar-refractivity contribution is 7.99. The lowest BCUT2D eigenvalue weighted by Crippen LogP contribution is -2.43. The van der Waals surface area contributed by atoms with Gasteiger partial charge in [-0.15, -0.1) is 0 Å². The van der Waals surface area contributed by atoms with Crippen molar-refractivity contribution in [1.82, 2.24) is 10.6 Å². The first-order valence-electron chi connectivity index (χ1n) is 7.58. The quantitative estimate of drug-likeness (QED) is 0.764. The minimum atomic E-state index is 0.0134. The van der Waals surface area contributed by atoms with Gasteiger partial charge in [0.2, 0.25) is 0 Å². The number of urea groups is 1. The predicted octanol–water partition coefficient (Wildman–Crippen LogP) is 2.53. The molecule has 19 heavy (non-hydrogen) atoms. The van der Waals surface area contributed by atoms with Crippen LogP contribution in [0.3, 0.4) is 0 Å². The van der Waals surface area contributed by atoms with Crippen LogP contribution in [-0.2, 0) is 4.74 Å². The molecule has 0 aromatic carbocycles. The highest BCUT2D eigenvalue weighted by atomic mass is 32.2. The largest absolute Gasteiger partial charge is 0.381 e. The van der Waals surface area contributed by atoms with Gasteiger partial charge in [0.1, 0.15) is 0 Å². The molecule has 1 heterocycles. The molecule has 2 N–H and O–H groups in total. The Bertz CT molecular complexity index is 264. The predicted molar refractivity (Wildman–Crippen MR) is 79.7 cm³/mol. The van der Waals surface area contributed by atoms with Crippen LogP contribution >= 0.6 is 11.8 Å². The average molecular weight is 286 g/mol. The first kappa shape index (κ1) is 15.0. The van der Waals surface area contributed by atoms with Crippen LogP contribution in [-0.4, -0.2) is 42.8 Å². The molecular formula is C14H26N2O2S. The number of carbonyl (C=O) groups excluding carboxylic acids is 1. The second-order valence-corrected chi connectivity index (χ2v) is 6.83. The average Bonchev–Trinajstić information content (AvgIpc) is 2.46. The van der Waals surface area contributed by atoms with E-state index in [9.17, 15) is 4.79 Å². The smallest absolute Gasteiger partial charge is 0.315 e. The summed E-state index contributed by atoms with van der Waals surface area (Å²) >= 11 is 1.96. The normalized spacial score (nSPS) is 22.1. The first-order valence-corrected chi connectivity index (χ1v) is 8.63. The lowest BCUT2D eigenvalue weighted by Gasteiger charge is -2.23. The Morgan fingerprint density at radius 2 is 1.84 bits per heavy atom. The molecule has 0 atom stereocenters.